The number of anilines is 2. The highest BCUT2D eigenvalue weighted by molar-refractivity contribution is 6.04. The fourth-order valence-electron chi connectivity index (χ4n) is 2.26. The lowest BCUT2D eigenvalue weighted by molar-refractivity contribution is 0.102. The van der Waals surface area contributed by atoms with Crippen molar-refractivity contribution in [1.82, 2.24) is 0 Å². The summed E-state index contributed by atoms with van der Waals surface area (Å²) in [6, 6.07) is 15.7. The van der Waals surface area contributed by atoms with Crippen LogP contribution in [-0.4, -0.2) is 20.0 Å². The molecule has 0 saturated carbocycles. The number of amides is 1. The molecule has 3 heteroatoms. The molecule has 1 atom stereocenters. The molecule has 2 rings (SSSR count). The van der Waals surface area contributed by atoms with Gasteiger partial charge in [-0.1, -0.05) is 32.0 Å². The number of nitrogens with zero attached hydrogens (tertiary/aromatic N) is 1. The fraction of sp³-hybridized carbons (Fsp3) is 0.316. The van der Waals surface area contributed by atoms with Crippen molar-refractivity contribution in [2.45, 2.75) is 26.2 Å². The van der Waals surface area contributed by atoms with Crippen LogP contribution in [0.3, 0.4) is 0 Å². The van der Waals surface area contributed by atoms with Gasteiger partial charge in [-0.05, 0) is 48.2 Å². The SMILES string of the molecule is CC[C@H](C)c1ccc(NC(=O)c2cccc(N(C)C)c2)cc1. The third-order valence-corrected chi connectivity index (χ3v) is 3.97. The van der Waals surface area contributed by atoms with Crippen LogP contribution < -0.4 is 10.2 Å². The normalized spacial score (nSPS) is 11.8. The molecule has 0 bridgehead atoms. The van der Waals surface area contributed by atoms with Gasteiger partial charge in [0.05, 0.1) is 0 Å². The standard InChI is InChI=1S/C19H24N2O/c1-5-14(2)15-9-11-17(12-10-15)20-19(22)16-7-6-8-18(13-16)21(3)4/h6-14H,5H2,1-4H3,(H,20,22)/t14-/m0/s1. The molecular formula is C19H24N2O. The summed E-state index contributed by atoms with van der Waals surface area (Å²) in [6.07, 6.45) is 1.11. The summed E-state index contributed by atoms with van der Waals surface area (Å²) in [5, 5.41) is 2.95. The summed E-state index contributed by atoms with van der Waals surface area (Å²) in [5.74, 6) is 0.460. The van der Waals surface area contributed by atoms with Gasteiger partial charge in [0.2, 0.25) is 0 Å². The van der Waals surface area contributed by atoms with Gasteiger partial charge in [0.25, 0.3) is 5.91 Å². The molecule has 0 aliphatic rings. The van der Waals surface area contributed by atoms with Gasteiger partial charge in [0, 0.05) is 31.0 Å². The van der Waals surface area contributed by atoms with Crippen molar-refractivity contribution in [1.29, 1.82) is 0 Å². The van der Waals surface area contributed by atoms with Crippen LogP contribution in [-0.2, 0) is 0 Å². The molecule has 0 heterocycles. The Morgan fingerprint density at radius 3 is 2.41 bits per heavy atom. The average Bonchev–Trinajstić information content (AvgIpc) is 2.54. The zero-order valence-corrected chi connectivity index (χ0v) is 13.8. The molecule has 1 N–H and O–H groups in total. The molecule has 0 aliphatic carbocycles. The molecule has 2 aromatic rings. The van der Waals surface area contributed by atoms with Crippen molar-refractivity contribution in [3.8, 4) is 0 Å². The quantitative estimate of drug-likeness (QED) is 0.880. The van der Waals surface area contributed by atoms with Gasteiger partial charge in [0.15, 0.2) is 0 Å². The highest BCUT2D eigenvalue weighted by atomic mass is 16.1. The predicted octanol–water partition coefficient (Wildman–Crippen LogP) is 4.52. The summed E-state index contributed by atoms with van der Waals surface area (Å²) in [4.78, 5) is 14.3. The molecule has 2 aromatic carbocycles. The molecule has 0 unspecified atom stereocenters. The summed E-state index contributed by atoms with van der Waals surface area (Å²) < 4.78 is 0. The van der Waals surface area contributed by atoms with Gasteiger partial charge in [0.1, 0.15) is 0 Å². The van der Waals surface area contributed by atoms with Crippen LogP contribution >= 0.6 is 0 Å². The average molecular weight is 296 g/mol. The Kier molecular flexibility index (Phi) is 5.21. The van der Waals surface area contributed by atoms with E-state index in [9.17, 15) is 4.79 Å². The van der Waals surface area contributed by atoms with Crippen molar-refractivity contribution >= 4 is 17.3 Å². The van der Waals surface area contributed by atoms with Crippen molar-refractivity contribution in [3.63, 3.8) is 0 Å². The summed E-state index contributed by atoms with van der Waals surface area (Å²) in [6.45, 7) is 4.39. The maximum atomic E-state index is 12.3. The second-order valence-electron chi connectivity index (χ2n) is 5.83. The van der Waals surface area contributed by atoms with Crippen LogP contribution in [0.15, 0.2) is 48.5 Å². The number of benzene rings is 2. The van der Waals surface area contributed by atoms with Crippen LogP contribution in [0.25, 0.3) is 0 Å². The maximum Gasteiger partial charge on any atom is 0.255 e. The van der Waals surface area contributed by atoms with E-state index in [0.29, 0.717) is 11.5 Å². The van der Waals surface area contributed by atoms with E-state index >= 15 is 0 Å². The first-order valence-electron chi connectivity index (χ1n) is 7.70. The Bertz CT molecular complexity index is 632. The molecule has 116 valence electrons. The number of rotatable bonds is 5. The Morgan fingerprint density at radius 1 is 1.14 bits per heavy atom. The van der Waals surface area contributed by atoms with E-state index in [-0.39, 0.29) is 5.91 Å². The van der Waals surface area contributed by atoms with Gasteiger partial charge in [-0.15, -0.1) is 0 Å². The zero-order chi connectivity index (χ0) is 16.1. The van der Waals surface area contributed by atoms with Gasteiger partial charge >= 0.3 is 0 Å². The molecule has 0 fully saturated rings. The second kappa shape index (κ2) is 7.12. The smallest absolute Gasteiger partial charge is 0.255 e. The topological polar surface area (TPSA) is 32.3 Å². The van der Waals surface area contributed by atoms with Gasteiger partial charge in [-0.3, -0.25) is 4.79 Å². The van der Waals surface area contributed by atoms with E-state index in [1.165, 1.54) is 5.56 Å². The minimum Gasteiger partial charge on any atom is -0.378 e. The van der Waals surface area contributed by atoms with Crippen LogP contribution in [0.1, 0.15) is 42.1 Å². The fourth-order valence-corrected chi connectivity index (χ4v) is 2.26. The number of carbonyl (C=O) groups excluding carboxylic acids is 1. The van der Waals surface area contributed by atoms with E-state index in [2.05, 4.69) is 31.3 Å². The highest BCUT2D eigenvalue weighted by Crippen LogP contribution is 2.21. The van der Waals surface area contributed by atoms with Crippen LogP contribution in [0.4, 0.5) is 11.4 Å². The molecule has 0 saturated heterocycles. The molecule has 22 heavy (non-hydrogen) atoms. The summed E-state index contributed by atoms with van der Waals surface area (Å²) in [7, 11) is 3.93. The zero-order valence-electron chi connectivity index (χ0n) is 13.8. The van der Waals surface area contributed by atoms with E-state index in [1.807, 2.05) is 55.4 Å². The van der Waals surface area contributed by atoms with Crippen LogP contribution in [0.2, 0.25) is 0 Å². The van der Waals surface area contributed by atoms with Gasteiger partial charge in [-0.2, -0.15) is 0 Å². The first-order valence-corrected chi connectivity index (χ1v) is 7.70. The van der Waals surface area contributed by atoms with Gasteiger partial charge in [-0.25, -0.2) is 0 Å². The largest absolute Gasteiger partial charge is 0.378 e. The van der Waals surface area contributed by atoms with E-state index in [1.54, 1.807) is 0 Å². The van der Waals surface area contributed by atoms with Crippen molar-refractivity contribution < 1.29 is 4.79 Å². The van der Waals surface area contributed by atoms with Crippen molar-refractivity contribution in [3.05, 3.63) is 59.7 Å². The van der Waals surface area contributed by atoms with Gasteiger partial charge < -0.3 is 10.2 Å². The monoisotopic (exact) mass is 296 g/mol. The predicted molar refractivity (Wildman–Crippen MR) is 93.9 cm³/mol. The molecule has 1 amide bonds. The highest BCUT2D eigenvalue weighted by Gasteiger charge is 2.08. The lowest BCUT2D eigenvalue weighted by Crippen LogP contribution is -2.14. The van der Waals surface area contributed by atoms with E-state index in [4.69, 9.17) is 0 Å². The maximum absolute atomic E-state index is 12.3. The van der Waals surface area contributed by atoms with Crippen LogP contribution in [0.5, 0.6) is 0 Å². The van der Waals surface area contributed by atoms with Crippen molar-refractivity contribution in [2.75, 3.05) is 24.3 Å². The third kappa shape index (κ3) is 3.88. The molecule has 0 spiro atoms. The molecule has 0 aromatic heterocycles. The third-order valence-electron chi connectivity index (χ3n) is 3.97. The number of hydrogen-bond donors (Lipinski definition) is 1. The van der Waals surface area contributed by atoms with Crippen molar-refractivity contribution in [2.24, 2.45) is 0 Å². The Hall–Kier alpha value is -2.29. The lowest BCUT2D eigenvalue weighted by atomic mass is 9.98. The summed E-state index contributed by atoms with van der Waals surface area (Å²) in [5.41, 5.74) is 3.80. The molecule has 3 nitrogen and oxygen atoms in total. The molecular weight excluding hydrogens is 272 g/mol. The molecule has 0 radical (unpaired) electrons. The van der Waals surface area contributed by atoms with E-state index < -0.39 is 0 Å². The number of hydrogen-bond acceptors (Lipinski definition) is 2. The number of carbonyl (C=O) groups is 1. The minimum atomic E-state index is -0.0833. The summed E-state index contributed by atoms with van der Waals surface area (Å²) >= 11 is 0. The Morgan fingerprint density at radius 2 is 1.82 bits per heavy atom. The lowest BCUT2D eigenvalue weighted by Gasteiger charge is -2.14. The first kappa shape index (κ1) is 16.1. The Labute approximate surface area is 133 Å². The van der Waals surface area contributed by atoms with E-state index in [0.717, 1.165) is 17.8 Å². The minimum absolute atomic E-state index is 0.0833. The molecule has 0 aliphatic heterocycles. The number of nitrogens with one attached hydrogen (secondary N) is 1. The Balaban J connectivity index is 2.10. The first-order chi connectivity index (χ1) is 10.5. The second-order valence-corrected chi connectivity index (χ2v) is 5.83. The van der Waals surface area contributed by atoms with Crippen LogP contribution in [0, 0.1) is 0 Å².